The normalized spacial score (nSPS) is 12.4. The van der Waals surface area contributed by atoms with Gasteiger partial charge in [0.15, 0.2) is 0 Å². The highest BCUT2D eigenvalue weighted by Gasteiger charge is 2.20. The molecule has 1 aromatic heterocycles. The van der Waals surface area contributed by atoms with Crippen LogP contribution in [0.3, 0.4) is 0 Å². The fourth-order valence-electron chi connectivity index (χ4n) is 1.86. The van der Waals surface area contributed by atoms with Gasteiger partial charge in [-0.25, -0.2) is 4.39 Å². The van der Waals surface area contributed by atoms with Gasteiger partial charge in [0.05, 0.1) is 13.2 Å². The predicted molar refractivity (Wildman–Crippen MR) is 68.3 cm³/mol. The molecule has 0 fully saturated rings. The van der Waals surface area contributed by atoms with Crippen molar-refractivity contribution in [2.45, 2.75) is 19.4 Å². The number of methoxy groups -OCH3 is 1. The van der Waals surface area contributed by atoms with Gasteiger partial charge in [-0.1, -0.05) is 13.0 Å². The Bertz CT molecular complexity index is 553. The molecule has 0 amide bonds. The third-order valence-electron chi connectivity index (χ3n) is 2.90. The van der Waals surface area contributed by atoms with Gasteiger partial charge in [-0.05, 0) is 25.6 Å². The third-order valence-corrected chi connectivity index (χ3v) is 2.90. The number of benzene rings is 1. The highest BCUT2D eigenvalue weighted by atomic mass is 19.1. The van der Waals surface area contributed by atoms with Crippen LogP contribution in [0.15, 0.2) is 22.6 Å². The fourth-order valence-corrected chi connectivity index (χ4v) is 1.86. The molecule has 1 heterocycles. The molecule has 0 radical (unpaired) electrons. The van der Waals surface area contributed by atoms with Crippen LogP contribution in [-0.4, -0.2) is 24.4 Å². The van der Waals surface area contributed by atoms with E-state index in [9.17, 15) is 4.39 Å². The summed E-state index contributed by atoms with van der Waals surface area (Å²) in [6.07, 6.45) is 0.798. The molecule has 0 bridgehead atoms. The lowest BCUT2D eigenvalue weighted by molar-refractivity contribution is 0.400. The SMILES string of the molecule is CCC(NC)c1nnc(-c2c(F)cccc2OC)o1. The van der Waals surface area contributed by atoms with Crippen molar-refractivity contribution in [3.8, 4) is 17.2 Å². The minimum absolute atomic E-state index is 0.0426. The molecule has 0 aliphatic rings. The van der Waals surface area contributed by atoms with Crippen LogP contribution in [0.1, 0.15) is 25.3 Å². The maximum absolute atomic E-state index is 13.9. The number of nitrogens with one attached hydrogen (secondary N) is 1. The van der Waals surface area contributed by atoms with Gasteiger partial charge in [0.25, 0.3) is 5.89 Å². The van der Waals surface area contributed by atoms with Crippen LogP contribution in [0.25, 0.3) is 11.5 Å². The number of nitrogens with zero attached hydrogens (tertiary/aromatic N) is 2. The van der Waals surface area contributed by atoms with E-state index < -0.39 is 5.82 Å². The Labute approximate surface area is 110 Å². The average Bonchev–Trinajstić information content (AvgIpc) is 2.89. The molecule has 0 aliphatic carbocycles. The van der Waals surface area contributed by atoms with E-state index in [1.54, 1.807) is 12.1 Å². The zero-order valence-corrected chi connectivity index (χ0v) is 11.1. The van der Waals surface area contributed by atoms with E-state index in [-0.39, 0.29) is 17.5 Å². The topological polar surface area (TPSA) is 60.2 Å². The molecule has 0 spiro atoms. The number of rotatable bonds is 5. The largest absolute Gasteiger partial charge is 0.496 e. The van der Waals surface area contributed by atoms with Crippen molar-refractivity contribution < 1.29 is 13.5 Å². The summed E-state index contributed by atoms with van der Waals surface area (Å²) in [6.45, 7) is 1.99. The number of hydrogen-bond donors (Lipinski definition) is 1. The van der Waals surface area contributed by atoms with Gasteiger partial charge in [0, 0.05) is 0 Å². The molecule has 5 nitrogen and oxygen atoms in total. The molecule has 2 rings (SSSR count). The molecule has 0 saturated carbocycles. The summed E-state index contributed by atoms with van der Waals surface area (Å²) >= 11 is 0. The maximum Gasteiger partial charge on any atom is 0.254 e. The maximum atomic E-state index is 13.9. The standard InChI is InChI=1S/C13H16FN3O2/c1-4-9(15-2)12-16-17-13(19-12)11-8(14)6-5-7-10(11)18-3/h5-7,9,15H,4H2,1-3H3. The van der Waals surface area contributed by atoms with E-state index in [0.29, 0.717) is 11.6 Å². The lowest BCUT2D eigenvalue weighted by Crippen LogP contribution is -2.15. The van der Waals surface area contributed by atoms with Crippen molar-refractivity contribution in [2.24, 2.45) is 0 Å². The van der Waals surface area contributed by atoms with Gasteiger partial charge in [0.2, 0.25) is 5.89 Å². The molecular formula is C13H16FN3O2. The van der Waals surface area contributed by atoms with Gasteiger partial charge in [-0.15, -0.1) is 10.2 Å². The Morgan fingerprint density at radius 3 is 2.84 bits per heavy atom. The quantitative estimate of drug-likeness (QED) is 0.900. The van der Waals surface area contributed by atoms with Crippen molar-refractivity contribution in [3.05, 3.63) is 29.9 Å². The zero-order valence-electron chi connectivity index (χ0n) is 11.1. The Balaban J connectivity index is 2.43. The third kappa shape index (κ3) is 2.58. The first-order valence-electron chi connectivity index (χ1n) is 6.04. The second-order valence-electron chi connectivity index (χ2n) is 4.01. The predicted octanol–water partition coefficient (Wildman–Crippen LogP) is 2.55. The molecule has 1 unspecified atom stereocenters. The molecule has 6 heteroatoms. The Morgan fingerprint density at radius 1 is 1.42 bits per heavy atom. The van der Waals surface area contributed by atoms with Gasteiger partial charge in [0.1, 0.15) is 17.1 Å². The molecule has 0 saturated heterocycles. The molecule has 2 aromatic rings. The van der Waals surface area contributed by atoms with E-state index >= 15 is 0 Å². The van der Waals surface area contributed by atoms with E-state index in [2.05, 4.69) is 15.5 Å². The average molecular weight is 265 g/mol. The van der Waals surface area contributed by atoms with E-state index in [1.807, 2.05) is 14.0 Å². The number of halogens is 1. The van der Waals surface area contributed by atoms with Crippen LogP contribution >= 0.6 is 0 Å². The van der Waals surface area contributed by atoms with E-state index in [4.69, 9.17) is 9.15 Å². The summed E-state index contributed by atoms with van der Waals surface area (Å²) in [5.41, 5.74) is 0.190. The molecule has 0 aliphatic heterocycles. The highest BCUT2D eigenvalue weighted by Crippen LogP contribution is 2.32. The first-order chi connectivity index (χ1) is 9.21. The summed E-state index contributed by atoms with van der Waals surface area (Å²) in [6, 6.07) is 4.51. The molecule has 1 atom stereocenters. The lowest BCUT2D eigenvalue weighted by atomic mass is 10.2. The summed E-state index contributed by atoms with van der Waals surface area (Å²) in [4.78, 5) is 0. The molecule has 102 valence electrons. The minimum Gasteiger partial charge on any atom is -0.496 e. The Hall–Kier alpha value is -1.95. The van der Waals surface area contributed by atoms with Crippen LogP contribution in [0.2, 0.25) is 0 Å². The van der Waals surface area contributed by atoms with Crippen molar-refractivity contribution >= 4 is 0 Å². The smallest absolute Gasteiger partial charge is 0.254 e. The van der Waals surface area contributed by atoms with Crippen molar-refractivity contribution in [3.63, 3.8) is 0 Å². The van der Waals surface area contributed by atoms with Crippen LogP contribution < -0.4 is 10.1 Å². The molecule has 19 heavy (non-hydrogen) atoms. The first-order valence-corrected chi connectivity index (χ1v) is 6.04. The Kier molecular flexibility index (Phi) is 4.11. The molecule has 1 N–H and O–H groups in total. The number of aromatic nitrogens is 2. The summed E-state index contributed by atoms with van der Waals surface area (Å²) in [5, 5.41) is 10.9. The van der Waals surface area contributed by atoms with Crippen molar-refractivity contribution in [1.82, 2.24) is 15.5 Å². The van der Waals surface area contributed by atoms with Gasteiger partial charge >= 0.3 is 0 Å². The first kappa shape index (κ1) is 13.5. The lowest BCUT2D eigenvalue weighted by Gasteiger charge is -2.08. The van der Waals surface area contributed by atoms with Gasteiger partial charge < -0.3 is 14.5 Å². The summed E-state index contributed by atoms with van der Waals surface area (Å²) in [5.74, 6) is 0.476. The summed E-state index contributed by atoms with van der Waals surface area (Å²) in [7, 11) is 3.28. The van der Waals surface area contributed by atoms with Crippen LogP contribution in [0.4, 0.5) is 4.39 Å². The number of ether oxygens (including phenoxy) is 1. The molecule has 1 aromatic carbocycles. The van der Waals surface area contributed by atoms with Crippen molar-refractivity contribution in [2.75, 3.05) is 14.2 Å². The van der Waals surface area contributed by atoms with Crippen LogP contribution in [0.5, 0.6) is 5.75 Å². The zero-order chi connectivity index (χ0) is 13.8. The fraction of sp³-hybridized carbons (Fsp3) is 0.385. The second kappa shape index (κ2) is 5.79. The van der Waals surface area contributed by atoms with Crippen LogP contribution in [0, 0.1) is 5.82 Å². The second-order valence-corrected chi connectivity index (χ2v) is 4.01. The van der Waals surface area contributed by atoms with Crippen molar-refractivity contribution in [1.29, 1.82) is 0 Å². The Morgan fingerprint density at radius 2 is 2.21 bits per heavy atom. The highest BCUT2D eigenvalue weighted by molar-refractivity contribution is 5.63. The monoisotopic (exact) mass is 265 g/mol. The summed E-state index contributed by atoms with van der Waals surface area (Å²) < 4.78 is 24.5. The minimum atomic E-state index is -0.452. The van der Waals surface area contributed by atoms with Gasteiger partial charge in [-0.3, -0.25) is 0 Å². The van der Waals surface area contributed by atoms with Crippen LogP contribution in [-0.2, 0) is 0 Å². The number of hydrogen-bond acceptors (Lipinski definition) is 5. The van der Waals surface area contributed by atoms with E-state index in [1.165, 1.54) is 13.2 Å². The van der Waals surface area contributed by atoms with E-state index in [0.717, 1.165) is 6.42 Å². The van der Waals surface area contributed by atoms with Gasteiger partial charge in [-0.2, -0.15) is 0 Å². The molecular weight excluding hydrogens is 249 g/mol.